The summed E-state index contributed by atoms with van der Waals surface area (Å²) in [5.41, 5.74) is 0. The summed E-state index contributed by atoms with van der Waals surface area (Å²) in [6.07, 6.45) is 5.21. The molecule has 0 aliphatic carbocycles. The van der Waals surface area contributed by atoms with Crippen LogP contribution in [0.3, 0.4) is 0 Å². The Hall–Kier alpha value is 0.922. The predicted molar refractivity (Wildman–Crippen MR) is 47.2 cm³/mol. The Labute approximate surface area is 79.6 Å². The molecule has 0 N–H and O–H groups in total. The Morgan fingerprint density at radius 1 is 1.33 bits per heavy atom. The van der Waals surface area contributed by atoms with Crippen LogP contribution in [-0.4, -0.2) is 27.3 Å². The Balaban J connectivity index is 0. The van der Waals surface area contributed by atoms with Crippen molar-refractivity contribution in [1.29, 1.82) is 0 Å². The first-order valence-corrected chi connectivity index (χ1v) is 3.64. The van der Waals surface area contributed by atoms with Gasteiger partial charge in [0.15, 0.2) is 0 Å². The van der Waals surface area contributed by atoms with Crippen molar-refractivity contribution in [2.45, 2.75) is 39.5 Å². The minimum atomic E-state index is 0. The van der Waals surface area contributed by atoms with Crippen molar-refractivity contribution >= 4 is 27.3 Å². The van der Waals surface area contributed by atoms with Crippen molar-refractivity contribution in [3.05, 3.63) is 6.92 Å². The van der Waals surface area contributed by atoms with E-state index in [1.807, 2.05) is 0 Å². The zero-order chi connectivity index (χ0) is 6.41. The van der Waals surface area contributed by atoms with Gasteiger partial charge in [0.2, 0.25) is 0 Å². The van der Waals surface area contributed by atoms with E-state index < -0.39 is 0 Å². The van der Waals surface area contributed by atoms with E-state index in [0.717, 1.165) is 0 Å². The van der Waals surface area contributed by atoms with Gasteiger partial charge < -0.3 is 0 Å². The summed E-state index contributed by atoms with van der Waals surface area (Å²) in [6, 6.07) is 0. The summed E-state index contributed by atoms with van der Waals surface area (Å²) < 4.78 is 0. The van der Waals surface area contributed by atoms with E-state index in [2.05, 4.69) is 20.8 Å². The van der Waals surface area contributed by atoms with Crippen LogP contribution >= 0.6 is 0 Å². The zero-order valence-electron chi connectivity index (χ0n) is 6.82. The SMILES string of the molecule is [CH2]C(CC)CCCC.[PbH2]. The number of unbranched alkanes of at least 4 members (excludes halogenated alkanes) is 1. The Kier molecular flexibility index (Phi) is 12.5. The quantitative estimate of drug-likeness (QED) is 0.696. The Bertz CT molecular complexity index is 43.8. The van der Waals surface area contributed by atoms with Gasteiger partial charge in [-0.1, -0.05) is 46.5 Å². The van der Waals surface area contributed by atoms with Gasteiger partial charge in [-0.15, -0.1) is 0 Å². The molecule has 0 aromatic rings. The van der Waals surface area contributed by atoms with Crippen molar-refractivity contribution < 1.29 is 0 Å². The van der Waals surface area contributed by atoms with Crippen LogP contribution in [0.25, 0.3) is 0 Å². The molecule has 0 aliphatic heterocycles. The molecule has 0 bridgehead atoms. The molecule has 0 fully saturated rings. The molecule has 1 atom stereocenters. The summed E-state index contributed by atoms with van der Waals surface area (Å²) in [4.78, 5) is 0. The van der Waals surface area contributed by atoms with Gasteiger partial charge >= 0.3 is 27.3 Å². The van der Waals surface area contributed by atoms with E-state index in [9.17, 15) is 0 Å². The summed E-state index contributed by atoms with van der Waals surface area (Å²) in [5, 5.41) is 0. The molecule has 0 aromatic carbocycles. The van der Waals surface area contributed by atoms with Gasteiger partial charge in [-0.2, -0.15) is 0 Å². The van der Waals surface area contributed by atoms with E-state index in [4.69, 9.17) is 0 Å². The first kappa shape index (κ1) is 12.6. The van der Waals surface area contributed by atoms with Crippen molar-refractivity contribution in [3.8, 4) is 0 Å². The molecule has 0 amide bonds. The minimum absolute atomic E-state index is 0. The molecule has 0 aliphatic rings. The number of hydrogen-bond acceptors (Lipinski definition) is 0. The molecule has 3 radical (unpaired) electrons. The van der Waals surface area contributed by atoms with E-state index >= 15 is 0 Å². The molecule has 0 saturated heterocycles. The van der Waals surface area contributed by atoms with E-state index in [1.165, 1.54) is 25.7 Å². The second-order valence-electron chi connectivity index (χ2n) is 2.42. The molecule has 1 heteroatoms. The van der Waals surface area contributed by atoms with Crippen LogP contribution in [0.5, 0.6) is 0 Å². The summed E-state index contributed by atoms with van der Waals surface area (Å²) in [7, 11) is 0. The second-order valence-corrected chi connectivity index (χ2v) is 2.42. The average Bonchev–Trinajstić information content (AvgIpc) is 1.83. The third kappa shape index (κ3) is 8.92. The van der Waals surface area contributed by atoms with Gasteiger partial charge in [0.05, 0.1) is 0 Å². The fourth-order valence-electron chi connectivity index (χ4n) is 0.697. The summed E-state index contributed by atoms with van der Waals surface area (Å²) >= 11 is 0. The van der Waals surface area contributed by atoms with Gasteiger partial charge in [0.1, 0.15) is 0 Å². The van der Waals surface area contributed by atoms with Crippen LogP contribution in [0.2, 0.25) is 0 Å². The molecule has 0 heterocycles. The normalized spacial score (nSPS) is 12.3. The van der Waals surface area contributed by atoms with E-state index in [0.29, 0.717) is 5.92 Å². The molecule has 0 saturated carbocycles. The summed E-state index contributed by atoms with van der Waals surface area (Å²) in [6.45, 7) is 8.42. The van der Waals surface area contributed by atoms with Crippen LogP contribution in [-0.2, 0) is 0 Å². The zero-order valence-corrected chi connectivity index (χ0v) is 12.3. The second kappa shape index (κ2) is 8.92. The summed E-state index contributed by atoms with van der Waals surface area (Å²) in [5.74, 6) is 0.704. The van der Waals surface area contributed by atoms with E-state index in [-0.39, 0.29) is 27.3 Å². The topological polar surface area (TPSA) is 0 Å². The third-order valence-electron chi connectivity index (χ3n) is 1.54. The maximum absolute atomic E-state index is 3.99. The average molecular weight is 322 g/mol. The molecule has 0 aromatic heterocycles. The van der Waals surface area contributed by atoms with Gasteiger partial charge in [-0.25, -0.2) is 0 Å². The van der Waals surface area contributed by atoms with Gasteiger partial charge in [-0.05, 0) is 5.92 Å². The molecular formula is C8H19Pb. The predicted octanol–water partition coefficient (Wildman–Crippen LogP) is 2.12. The van der Waals surface area contributed by atoms with Crippen molar-refractivity contribution in [2.24, 2.45) is 5.92 Å². The fourth-order valence-corrected chi connectivity index (χ4v) is 0.697. The first-order chi connectivity index (χ1) is 3.81. The van der Waals surface area contributed by atoms with Gasteiger partial charge in [0, 0.05) is 0 Å². The molecule has 0 spiro atoms. The fraction of sp³-hybridized carbons (Fsp3) is 0.875. The molecule has 9 heavy (non-hydrogen) atoms. The van der Waals surface area contributed by atoms with Crippen molar-refractivity contribution in [1.82, 2.24) is 0 Å². The number of rotatable bonds is 4. The van der Waals surface area contributed by atoms with Crippen LogP contribution in [0.15, 0.2) is 0 Å². The van der Waals surface area contributed by atoms with Crippen LogP contribution < -0.4 is 0 Å². The van der Waals surface area contributed by atoms with E-state index in [1.54, 1.807) is 0 Å². The number of hydrogen-bond donors (Lipinski definition) is 0. The van der Waals surface area contributed by atoms with Crippen molar-refractivity contribution in [3.63, 3.8) is 0 Å². The molecule has 0 rings (SSSR count). The van der Waals surface area contributed by atoms with Crippen LogP contribution in [0.1, 0.15) is 39.5 Å². The third-order valence-corrected chi connectivity index (χ3v) is 1.54. The first-order valence-electron chi connectivity index (χ1n) is 3.64. The molecule has 1 unspecified atom stereocenters. The van der Waals surface area contributed by atoms with Crippen molar-refractivity contribution in [2.75, 3.05) is 0 Å². The monoisotopic (exact) mass is 323 g/mol. The standard InChI is InChI=1S/C8H17.Pb.2H/c1-4-6-7-8(3)5-2;;;/h8H,3-7H2,1-2H3;;;. The Morgan fingerprint density at radius 2 is 1.89 bits per heavy atom. The molecule has 55 valence electrons. The van der Waals surface area contributed by atoms with Gasteiger partial charge in [-0.3, -0.25) is 0 Å². The molecular weight excluding hydrogens is 303 g/mol. The Morgan fingerprint density at radius 3 is 2.22 bits per heavy atom. The molecule has 0 nitrogen and oxygen atoms in total. The van der Waals surface area contributed by atoms with Crippen LogP contribution in [0.4, 0.5) is 0 Å². The maximum atomic E-state index is 3.99. The van der Waals surface area contributed by atoms with Crippen LogP contribution in [0, 0.1) is 12.8 Å². The van der Waals surface area contributed by atoms with Gasteiger partial charge in [0.25, 0.3) is 0 Å².